The van der Waals surface area contributed by atoms with Crippen molar-refractivity contribution >= 4 is 5.97 Å². The summed E-state index contributed by atoms with van der Waals surface area (Å²) in [4.78, 5) is 17.5. The maximum atomic E-state index is 11.6. The molecule has 0 aliphatic carbocycles. The number of aliphatic hydroxyl groups is 1. The number of carbonyl (C=O) groups is 1. The first-order chi connectivity index (χ1) is 8.11. The molecule has 0 spiro atoms. The lowest BCUT2D eigenvalue weighted by atomic mass is 10.2. The van der Waals surface area contributed by atoms with E-state index >= 15 is 0 Å². The molecule has 0 amide bonds. The van der Waals surface area contributed by atoms with Crippen LogP contribution < -0.4 is 0 Å². The summed E-state index contributed by atoms with van der Waals surface area (Å²) in [6.45, 7) is 2.76. The molecular formula is C11H16N2O4. The van der Waals surface area contributed by atoms with Crippen molar-refractivity contribution in [3.05, 3.63) is 17.8 Å². The number of ether oxygens (including phenoxy) is 1. The minimum atomic E-state index is -0.494. The number of likely N-dealkylation sites (tertiary alicyclic amines) is 1. The van der Waals surface area contributed by atoms with Gasteiger partial charge in [-0.3, -0.25) is 9.69 Å². The largest absolute Gasteiger partial charge is 0.468 e. The molecule has 2 rings (SSSR count). The zero-order valence-corrected chi connectivity index (χ0v) is 9.92. The van der Waals surface area contributed by atoms with Crippen LogP contribution in [0.5, 0.6) is 0 Å². The normalized spacial score (nSPS) is 25.1. The topological polar surface area (TPSA) is 75.8 Å². The standard InChI is InChI=1S/C11H16N2O4/c1-7-9(12-6-17-7)5-13-4-8(14)3-10(13)11(15)16-2/h6,8,10,14H,3-5H2,1-2H3. The van der Waals surface area contributed by atoms with Gasteiger partial charge in [-0.05, 0) is 6.92 Å². The van der Waals surface area contributed by atoms with Crippen molar-refractivity contribution in [3.8, 4) is 0 Å². The summed E-state index contributed by atoms with van der Waals surface area (Å²) in [5, 5.41) is 9.62. The van der Waals surface area contributed by atoms with Crippen LogP contribution >= 0.6 is 0 Å². The van der Waals surface area contributed by atoms with Crippen LogP contribution in [0.4, 0.5) is 0 Å². The van der Waals surface area contributed by atoms with E-state index in [1.807, 2.05) is 11.8 Å². The van der Waals surface area contributed by atoms with Gasteiger partial charge in [0, 0.05) is 19.5 Å². The molecule has 0 radical (unpaired) electrons. The average Bonchev–Trinajstić information content (AvgIpc) is 2.86. The zero-order valence-electron chi connectivity index (χ0n) is 9.92. The molecule has 2 unspecified atom stereocenters. The van der Waals surface area contributed by atoms with Gasteiger partial charge in [-0.25, -0.2) is 4.98 Å². The minimum absolute atomic E-state index is 0.317. The van der Waals surface area contributed by atoms with E-state index in [2.05, 4.69) is 4.98 Å². The third-order valence-electron chi connectivity index (χ3n) is 3.05. The average molecular weight is 240 g/mol. The molecule has 6 heteroatoms. The Kier molecular flexibility index (Phi) is 3.44. The Hall–Kier alpha value is -1.40. The number of aliphatic hydroxyl groups excluding tert-OH is 1. The van der Waals surface area contributed by atoms with Gasteiger partial charge in [0.05, 0.1) is 18.9 Å². The maximum absolute atomic E-state index is 11.6. The first-order valence-corrected chi connectivity index (χ1v) is 5.50. The van der Waals surface area contributed by atoms with E-state index in [4.69, 9.17) is 9.15 Å². The van der Waals surface area contributed by atoms with E-state index in [1.165, 1.54) is 13.5 Å². The van der Waals surface area contributed by atoms with Crippen molar-refractivity contribution in [2.45, 2.75) is 32.0 Å². The number of nitrogens with zero attached hydrogens (tertiary/aromatic N) is 2. The van der Waals surface area contributed by atoms with Crippen LogP contribution in [0.25, 0.3) is 0 Å². The fourth-order valence-electron chi connectivity index (χ4n) is 2.11. The number of aromatic nitrogens is 1. The lowest BCUT2D eigenvalue weighted by Crippen LogP contribution is -2.36. The number of esters is 1. The Morgan fingerprint density at radius 1 is 1.76 bits per heavy atom. The highest BCUT2D eigenvalue weighted by molar-refractivity contribution is 5.76. The predicted octanol–water partition coefficient (Wildman–Crippen LogP) is 0.0912. The van der Waals surface area contributed by atoms with Crippen LogP contribution in [0.2, 0.25) is 0 Å². The van der Waals surface area contributed by atoms with E-state index in [1.54, 1.807) is 0 Å². The number of aryl methyl sites for hydroxylation is 1. The maximum Gasteiger partial charge on any atom is 0.323 e. The third-order valence-corrected chi connectivity index (χ3v) is 3.05. The molecule has 2 atom stereocenters. The summed E-state index contributed by atoms with van der Waals surface area (Å²) in [5.41, 5.74) is 0.785. The Bertz CT molecular complexity index is 404. The second-order valence-electron chi connectivity index (χ2n) is 4.21. The highest BCUT2D eigenvalue weighted by Crippen LogP contribution is 2.22. The van der Waals surface area contributed by atoms with Gasteiger partial charge in [0.1, 0.15) is 11.8 Å². The first-order valence-electron chi connectivity index (χ1n) is 5.50. The lowest BCUT2D eigenvalue weighted by molar-refractivity contribution is -0.146. The van der Waals surface area contributed by atoms with Gasteiger partial charge >= 0.3 is 5.97 Å². The molecule has 1 aliphatic rings. The number of carbonyl (C=O) groups excluding carboxylic acids is 1. The van der Waals surface area contributed by atoms with Gasteiger partial charge in [-0.1, -0.05) is 0 Å². The Labute approximate surface area is 99.2 Å². The van der Waals surface area contributed by atoms with Gasteiger partial charge in [-0.2, -0.15) is 0 Å². The highest BCUT2D eigenvalue weighted by Gasteiger charge is 2.37. The number of rotatable bonds is 3. The summed E-state index contributed by atoms with van der Waals surface area (Å²) in [7, 11) is 1.35. The molecule has 1 aromatic heterocycles. The van der Waals surface area contributed by atoms with Crippen LogP contribution in [0.3, 0.4) is 0 Å². The number of oxazole rings is 1. The highest BCUT2D eigenvalue weighted by atomic mass is 16.5. The Morgan fingerprint density at radius 2 is 2.53 bits per heavy atom. The van der Waals surface area contributed by atoms with Crippen molar-refractivity contribution in [3.63, 3.8) is 0 Å². The number of β-amino-alcohol motifs (C(OH)–C–C–N with tert-alkyl or cyclic N) is 1. The van der Waals surface area contributed by atoms with Crippen molar-refractivity contribution in [2.24, 2.45) is 0 Å². The first kappa shape index (κ1) is 12.1. The smallest absolute Gasteiger partial charge is 0.323 e. The van der Waals surface area contributed by atoms with Crippen LogP contribution in [-0.2, 0) is 16.1 Å². The quantitative estimate of drug-likeness (QED) is 0.755. The van der Waals surface area contributed by atoms with E-state index in [-0.39, 0.29) is 5.97 Å². The van der Waals surface area contributed by atoms with Crippen LogP contribution in [-0.4, -0.2) is 46.8 Å². The van der Waals surface area contributed by atoms with Crippen molar-refractivity contribution in [1.82, 2.24) is 9.88 Å². The van der Waals surface area contributed by atoms with Crippen LogP contribution in [0.15, 0.2) is 10.8 Å². The van der Waals surface area contributed by atoms with Crippen molar-refractivity contribution < 1.29 is 19.1 Å². The summed E-state index contributed by atoms with van der Waals surface area (Å²) in [6, 6.07) is -0.397. The molecule has 1 aliphatic heterocycles. The lowest BCUT2D eigenvalue weighted by Gasteiger charge is -2.20. The molecule has 0 saturated carbocycles. The fraction of sp³-hybridized carbons (Fsp3) is 0.636. The monoisotopic (exact) mass is 240 g/mol. The van der Waals surface area contributed by atoms with E-state index in [0.717, 1.165) is 11.5 Å². The molecule has 17 heavy (non-hydrogen) atoms. The number of hydrogen-bond acceptors (Lipinski definition) is 6. The second-order valence-corrected chi connectivity index (χ2v) is 4.21. The summed E-state index contributed by atoms with van der Waals surface area (Å²) < 4.78 is 9.83. The number of methoxy groups -OCH3 is 1. The molecular weight excluding hydrogens is 224 g/mol. The molecule has 6 nitrogen and oxygen atoms in total. The van der Waals surface area contributed by atoms with Gasteiger partial charge in [0.25, 0.3) is 0 Å². The van der Waals surface area contributed by atoms with Gasteiger partial charge in [-0.15, -0.1) is 0 Å². The van der Waals surface area contributed by atoms with Crippen LogP contribution in [0, 0.1) is 6.92 Å². The summed E-state index contributed by atoms with van der Waals surface area (Å²) >= 11 is 0. The molecule has 0 aromatic carbocycles. The van der Waals surface area contributed by atoms with Gasteiger partial charge in [0.15, 0.2) is 6.39 Å². The van der Waals surface area contributed by atoms with Gasteiger partial charge in [0.2, 0.25) is 0 Å². The molecule has 1 fully saturated rings. The van der Waals surface area contributed by atoms with E-state index in [9.17, 15) is 9.90 Å². The Balaban J connectivity index is 2.08. The molecule has 94 valence electrons. The molecule has 1 aromatic rings. The van der Waals surface area contributed by atoms with E-state index < -0.39 is 12.1 Å². The van der Waals surface area contributed by atoms with Gasteiger partial charge < -0.3 is 14.3 Å². The molecule has 1 saturated heterocycles. The fourth-order valence-corrected chi connectivity index (χ4v) is 2.11. The summed E-state index contributed by atoms with van der Waals surface area (Å²) in [6.07, 6.45) is 1.29. The van der Waals surface area contributed by atoms with E-state index in [0.29, 0.717) is 19.5 Å². The van der Waals surface area contributed by atoms with Crippen molar-refractivity contribution in [1.29, 1.82) is 0 Å². The molecule has 0 bridgehead atoms. The third kappa shape index (κ3) is 2.48. The predicted molar refractivity (Wildman–Crippen MR) is 58.1 cm³/mol. The summed E-state index contributed by atoms with van der Waals surface area (Å²) in [5.74, 6) is 0.415. The Morgan fingerprint density at radius 3 is 3.12 bits per heavy atom. The molecule has 1 N–H and O–H groups in total. The van der Waals surface area contributed by atoms with Crippen LogP contribution in [0.1, 0.15) is 17.9 Å². The molecule has 2 heterocycles. The zero-order chi connectivity index (χ0) is 12.4. The minimum Gasteiger partial charge on any atom is -0.468 e. The second kappa shape index (κ2) is 4.85. The number of hydrogen-bond donors (Lipinski definition) is 1. The SMILES string of the molecule is COC(=O)C1CC(O)CN1Cc1ncoc1C. The van der Waals surface area contributed by atoms with Crippen molar-refractivity contribution in [2.75, 3.05) is 13.7 Å².